The lowest BCUT2D eigenvalue weighted by Gasteiger charge is -2.15. The molecule has 0 saturated carbocycles. The lowest BCUT2D eigenvalue weighted by Crippen LogP contribution is -2.43. The fourth-order valence-corrected chi connectivity index (χ4v) is 1.35. The van der Waals surface area contributed by atoms with Crippen LogP contribution in [0, 0.1) is 5.92 Å². The summed E-state index contributed by atoms with van der Waals surface area (Å²) in [5.74, 6) is 0.834. The summed E-state index contributed by atoms with van der Waals surface area (Å²) in [5.41, 5.74) is 6.76. The van der Waals surface area contributed by atoms with Crippen LogP contribution in [0.15, 0.2) is 24.3 Å². The zero-order valence-corrected chi connectivity index (χ0v) is 10.6. The molecule has 0 fully saturated rings. The lowest BCUT2D eigenvalue weighted by atomic mass is 10.0. The number of carbonyl (C=O) groups is 1. The minimum atomic E-state index is -0.451. The van der Waals surface area contributed by atoms with Crippen LogP contribution in [0.2, 0.25) is 0 Å². The summed E-state index contributed by atoms with van der Waals surface area (Å²) in [7, 11) is 1.62. The van der Waals surface area contributed by atoms with Crippen molar-refractivity contribution < 1.29 is 9.53 Å². The van der Waals surface area contributed by atoms with Gasteiger partial charge >= 0.3 is 0 Å². The Kier molecular flexibility index (Phi) is 4.97. The van der Waals surface area contributed by atoms with E-state index in [0.717, 1.165) is 11.3 Å². The Morgan fingerprint density at radius 3 is 2.41 bits per heavy atom. The first-order valence-corrected chi connectivity index (χ1v) is 5.71. The maximum Gasteiger partial charge on any atom is 0.237 e. The van der Waals surface area contributed by atoms with Gasteiger partial charge in [-0.2, -0.15) is 0 Å². The van der Waals surface area contributed by atoms with Gasteiger partial charge in [-0.3, -0.25) is 4.79 Å². The molecule has 0 radical (unpaired) electrons. The number of amides is 1. The molecule has 3 N–H and O–H groups in total. The van der Waals surface area contributed by atoms with Crippen molar-refractivity contribution in [2.75, 3.05) is 7.11 Å². The van der Waals surface area contributed by atoms with Crippen LogP contribution in [0.4, 0.5) is 0 Å². The number of hydrogen-bond acceptors (Lipinski definition) is 3. The molecular weight excluding hydrogens is 216 g/mol. The average molecular weight is 236 g/mol. The number of rotatable bonds is 5. The molecule has 0 bridgehead atoms. The predicted molar refractivity (Wildman–Crippen MR) is 67.7 cm³/mol. The standard InChI is InChI=1S/C13H20N2O2/c1-9(2)12(14)13(16)15-8-10-4-6-11(17-3)7-5-10/h4-7,9,12H,8,14H2,1-3H3,(H,15,16)/t12-/m1/s1. The molecule has 17 heavy (non-hydrogen) atoms. The quantitative estimate of drug-likeness (QED) is 0.809. The normalized spacial score (nSPS) is 12.3. The minimum absolute atomic E-state index is 0.115. The first-order chi connectivity index (χ1) is 8.04. The summed E-state index contributed by atoms with van der Waals surface area (Å²) in [6, 6.07) is 7.11. The summed E-state index contributed by atoms with van der Waals surface area (Å²) >= 11 is 0. The van der Waals surface area contributed by atoms with E-state index in [4.69, 9.17) is 10.5 Å². The highest BCUT2D eigenvalue weighted by Gasteiger charge is 2.16. The van der Waals surface area contributed by atoms with Crippen molar-refractivity contribution in [3.05, 3.63) is 29.8 Å². The van der Waals surface area contributed by atoms with Crippen LogP contribution in [0.25, 0.3) is 0 Å². The van der Waals surface area contributed by atoms with Gasteiger partial charge in [0.05, 0.1) is 13.2 Å². The van der Waals surface area contributed by atoms with Crippen molar-refractivity contribution in [1.82, 2.24) is 5.32 Å². The Balaban J connectivity index is 2.47. The molecule has 1 amide bonds. The SMILES string of the molecule is COc1ccc(CNC(=O)[C@H](N)C(C)C)cc1. The van der Waals surface area contributed by atoms with E-state index in [1.54, 1.807) is 7.11 Å². The summed E-state index contributed by atoms with van der Waals surface area (Å²) < 4.78 is 5.06. The molecule has 0 saturated heterocycles. The van der Waals surface area contributed by atoms with E-state index < -0.39 is 6.04 Å². The Morgan fingerprint density at radius 1 is 1.35 bits per heavy atom. The van der Waals surface area contributed by atoms with Crippen molar-refractivity contribution in [3.63, 3.8) is 0 Å². The lowest BCUT2D eigenvalue weighted by molar-refractivity contribution is -0.123. The van der Waals surface area contributed by atoms with Gasteiger partial charge in [-0.25, -0.2) is 0 Å². The third kappa shape index (κ3) is 4.07. The zero-order chi connectivity index (χ0) is 12.8. The van der Waals surface area contributed by atoms with Gasteiger partial charge in [0.25, 0.3) is 0 Å². The number of benzene rings is 1. The molecule has 4 nitrogen and oxygen atoms in total. The molecule has 1 rings (SSSR count). The van der Waals surface area contributed by atoms with Crippen LogP contribution in [-0.4, -0.2) is 19.1 Å². The Morgan fingerprint density at radius 2 is 1.94 bits per heavy atom. The topological polar surface area (TPSA) is 64.3 Å². The van der Waals surface area contributed by atoms with Crippen LogP contribution < -0.4 is 15.8 Å². The Bertz CT molecular complexity index is 360. The van der Waals surface area contributed by atoms with Gasteiger partial charge < -0.3 is 15.8 Å². The number of ether oxygens (including phenoxy) is 1. The smallest absolute Gasteiger partial charge is 0.237 e. The first kappa shape index (κ1) is 13.5. The second-order valence-corrected chi connectivity index (χ2v) is 4.34. The van der Waals surface area contributed by atoms with Crippen LogP contribution in [0.1, 0.15) is 19.4 Å². The van der Waals surface area contributed by atoms with Gasteiger partial charge in [-0.1, -0.05) is 26.0 Å². The molecule has 0 aliphatic heterocycles. The van der Waals surface area contributed by atoms with Crippen LogP contribution in [-0.2, 0) is 11.3 Å². The number of carbonyl (C=O) groups excluding carboxylic acids is 1. The second-order valence-electron chi connectivity index (χ2n) is 4.34. The third-order valence-corrected chi connectivity index (χ3v) is 2.65. The summed E-state index contributed by atoms with van der Waals surface area (Å²) in [6.07, 6.45) is 0. The molecule has 1 atom stereocenters. The molecular formula is C13H20N2O2. The van der Waals surface area contributed by atoms with Gasteiger partial charge in [-0.05, 0) is 23.6 Å². The highest BCUT2D eigenvalue weighted by atomic mass is 16.5. The van der Waals surface area contributed by atoms with Gasteiger partial charge in [0.1, 0.15) is 5.75 Å². The van der Waals surface area contributed by atoms with Gasteiger partial charge in [0, 0.05) is 6.54 Å². The van der Waals surface area contributed by atoms with Gasteiger partial charge in [0.15, 0.2) is 0 Å². The van der Waals surface area contributed by atoms with Crippen molar-refractivity contribution >= 4 is 5.91 Å². The summed E-state index contributed by atoms with van der Waals surface area (Å²) in [4.78, 5) is 11.6. The fraction of sp³-hybridized carbons (Fsp3) is 0.462. The Labute approximate surface area is 102 Å². The molecule has 0 unspecified atom stereocenters. The molecule has 0 aromatic heterocycles. The molecule has 0 aliphatic carbocycles. The molecule has 0 heterocycles. The van der Waals surface area contributed by atoms with E-state index in [2.05, 4.69) is 5.32 Å². The van der Waals surface area contributed by atoms with E-state index in [1.807, 2.05) is 38.1 Å². The van der Waals surface area contributed by atoms with Crippen molar-refractivity contribution in [2.45, 2.75) is 26.4 Å². The third-order valence-electron chi connectivity index (χ3n) is 2.65. The van der Waals surface area contributed by atoms with Crippen molar-refractivity contribution in [1.29, 1.82) is 0 Å². The predicted octanol–water partition coefficient (Wildman–Crippen LogP) is 1.29. The molecule has 1 aromatic rings. The van der Waals surface area contributed by atoms with Gasteiger partial charge in [0.2, 0.25) is 5.91 Å². The molecule has 1 aromatic carbocycles. The van der Waals surface area contributed by atoms with E-state index in [0.29, 0.717) is 6.54 Å². The summed E-state index contributed by atoms with van der Waals surface area (Å²) in [5, 5.41) is 2.81. The van der Waals surface area contributed by atoms with Crippen molar-refractivity contribution in [3.8, 4) is 5.75 Å². The molecule has 94 valence electrons. The monoisotopic (exact) mass is 236 g/mol. The highest BCUT2D eigenvalue weighted by Crippen LogP contribution is 2.11. The molecule has 0 aliphatic rings. The Hall–Kier alpha value is -1.55. The van der Waals surface area contributed by atoms with Crippen molar-refractivity contribution in [2.24, 2.45) is 11.7 Å². The second kappa shape index (κ2) is 6.25. The number of methoxy groups -OCH3 is 1. The molecule has 4 heteroatoms. The van der Waals surface area contributed by atoms with Crippen LogP contribution in [0.5, 0.6) is 5.75 Å². The number of nitrogens with one attached hydrogen (secondary N) is 1. The van der Waals surface area contributed by atoms with E-state index >= 15 is 0 Å². The van der Waals surface area contributed by atoms with E-state index in [1.165, 1.54) is 0 Å². The maximum atomic E-state index is 11.6. The maximum absolute atomic E-state index is 11.6. The zero-order valence-electron chi connectivity index (χ0n) is 10.6. The van der Waals surface area contributed by atoms with Gasteiger partial charge in [-0.15, -0.1) is 0 Å². The fourth-order valence-electron chi connectivity index (χ4n) is 1.35. The number of nitrogens with two attached hydrogens (primary N) is 1. The summed E-state index contributed by atoms with van der Waals surface area (Å²) in [6.45, 7) is 4.35. The largest absolute Gasteiger partial charge is 0.497 e. The minimum Gasteiger partial charge on any atom is -0.497 e. The number of hydrogen-bond donors (Lipinski definition) is 2. The average Bonchev–Trinajstić information content (AvgIpc) is 2.35. The van der Waals surface area contributed by atoms with E-state index in [-0.39, 0.29) is 11.8 Å². The van der Waals surface area contributed by atoms with Crippen LogP contribution in [0.3, 0.4) is 0 Å². The first-order valence-electron chi connectivity index (χ1n) is 5.71. The van der Waals surface area contributed by atoms with Crippen LogP contribution >= 0.6 is 0 Å². The van der Waals surface area contributed by atoms with E-state index in [9.17, 15) is 4.79 Å². The highest BCUT2D eigenvalue weighted by molar-refractivity contribution is 5.81. The molecule has 0 spiro atoms.